The molecule has 8 nitrogen and oxygen atoms in total. The van der Waals surface area contributed by atoms with Gasteiger partial charge in [-0.3, -0.25) is 0 Å². The van der Waals surface area contributed by atoms with Crippen LogP contribution in [-0.4, -0.2) is 65.3 Å². The van der Waals surface area contributed by atoms with E-state index in [1.807, 2.05) is 12.1 Å². The van der Waals surface area contributed by atoms with Gasteiger partial charge in [0.25, 0.3) is 0 Å². The van der Waals surface area contributed by atoms with Gasteiger partial charge in [0, 0.05) is 43.5 Å². The maximum atomic E-state index is 9.09. The maximum Gasteiger partial charge on any atom is 0.178 e. The Balaban J connectivity index is 0.000000303. The molecule has 2 aromatic rings. The summed E-state index contributed by atoms with van der Waals surface area (Å²) in [6, 6.07) is 4.20. The summed E-state index contributed by atoms with van der Waals surface area (Å²) in [6.45, 7) is 14.1. The first-order valence-electron chi connectivity index (χ1n) is 13.0. The molecule has 2 saturated heterocycles. The third-order valence-corrected chi connectivity index (χ3v) is 6.49. The number of ether oxygens (including phenoxy) is 2. The molecule has 2 N–H and O–H groups in total. The van der Waals surface area contributed by atoms with Gasteiger partial charge in [-0.25, -0.2) is 9.97 Å². The third-order valence-electron chi connectivity index (χ3n) is 6.49. The molecule has 2 aliphatic heterocycles. The third kappa shape index (κ3) is 7.67. The Morgan fingerprint density at radius 1 is 1.31 bits per heavy atom. The van der Waals surface area contributed by atoms with E-state index in [4.69, 9.17) is 14.7 Å². The number of imidazole rings is 1. The summed E-state index contributed by atoms with van der Waals surface area (Å²) >= 11 is 0. The monoisotopic (exact) mass is 492 g/mol. The minimum Gasteiger partial charge on any atom is -0.492 e. The number of aromatic amines is 1. The van der Waals surface area contributed by atoms with Crippen molar-refractivity contribution >= 4 is 16.7 Å². The lowest BCUT2D eigenvalue weighted by Crippen LogP contribution is -2.34. The van der Waals surface area contributed by atoms with E-state index in [1.165, 1.54) is 5.70 Å². The lowest BCUT2D eigenvalue weighted by molar-refractivity contribution is 0.0537. The molecule has 36 heavy (non-hydrogen) atoms. The van der Waals surface area contributed by atoms with Crippen molar-refractivity contribution in [1.29, 1.82) is 5.26 Å². The summed E-state index contributed by atoms with van der Waals surface area (Å²) in [7, 11) is 0. The summed E-state index contributed by atoms with van der Waals surface area (Å²) in [6.07, 6.45) is 11.0. The number of rotatable bonds is 8. The van der Waals surface area contributed by atoms with Crippen LogP contribution in [0.4, 0.5) is 0 Å². The number of nitriles is 1. The number of allylic oxidation sites excluding steroid dienone is 6. The summed E-state index contributed by atoms with van der Waals surface area (Å²) in [5.74, 6) is 1.66. The minimum atomic E-state index is 0.153. The lowest BCUT2D eigenvalue weighted by Gasteiger charge is -2.29. The van der Waals surface area contributed by atoms with Crippen molar-refractivity contribution in [3.05, 3.63) is 53.3 Å². The number of pyridine rings is 1. The fourth-order valence-corrected chi connectivity index (χ4v) is 4.24. The van der Waals surface area contributed by atoms with Crippen molar-refractivity contribution < 1.29 is 9.47 Å². The average molecular weight is 493 g/mol. The number of fused-ring (bicyclic) bond motifs is 1. The first-order valence-corrected chi connectivity index (χ1v) is 13.0. The molecule has 1 atom stereocenters. The number of aromatic nitrogens is 3. The molecular weight excluding hydrogens is 452 g/mol. The van der Waals surface area contributed by atoms with Gasteiger partial charge in [-0.05, 0) is 50.9 Å². The van der Waals surface area contributed by atoms with E-state index in [0.717, 1.165) is 92.5 Å². The molecule has 0 saturated carbocycles. The Morgan fingerprint density at radius 2 is 2.11 bits per heavy atom. The topological polar surface area (TPSA) is 99.1 Å². The average Bonchev–Trinajstić information content (AvgIpc) is 3.59. The molecule has 1 unspecified atom stereocenters. The highest BCUT2D eigenvalue weighted by molar-refractivity contribution is 5.87. The van der Waals surface area contributed by atoms with Crippen molar-refractivity contribution in [3.63, 3.8) is 0 Å². The zero-order valence-corrected chi connectivity index (χ0v) is 22.1. The molecule has 0 bridgehead atoms. The number of nitrogens with zero attached hydrogens (tertiary/aromatic N) is 4. The molecule has 8 heteroatoms. The van der Waals surface area contributed by atoms with Gasteiger partial charge in [0.05, 0.1) is 31.2 Å². The predicted octanol–water partition coefficient (Wildman–Crippen LogP) is 4.73. The number of H-pyrrole nitrogens is 1. The van der Waals surface area contributed by atoms with Crippen LogP contribution in [0.15, 0.2) is 41.9 Å². The Kier molecular flexibility index (Phi) is 11.0. The van der Waals surface area contributed by atoms with E-state index < -0.39 is 0 Å². The molecule has 0 spiro atoms. The van der Waals surface area contributed by atoms with Crippen LogP contribution in [0, 0.1) is 11.3 Å². The Morgan fingerprint density at radius 3 is 2.75 bits per heavy atom. The van der Waals surface area contributed by atoms with Crippen LogP contribution in [0.2, 0.25) is 0 Å². The summed E-state index contributed by atoms with van der Waals surface area (Å²) < 4.78 is 11.2. The van der Waals surface area contributed by atoms with Gasteiger partial charge in [0.15, 0.2) is 5.65 Å². The Labute approximate surface area is 215 Å². The highest BCUT2D eigenvalue weighted by Crippen LogP contribution is 2.25. The Hall–Kier alpha value is -3.15. The standard InChI is InChI=1S/C20H25N5O.C8H15NO/c1-3-14(5-6-15(7-10-21)26-16-8-11-22-13-16)17-9-12-23-20-19(17)24-18(4-2)25-20;1-3-8(2)9-4-6-10-7-5-9/h5-6,9,12,16,22H,3-4,7-8,11,13H2,1-2H3,(H,23,24,25);3H,4-7H2,1-2H3/b14-5+,15-6+;8-3+. The van der Waals surface area contributed by atoms with Crippen LogP contribution in [0.3, 0.4) is 0 Å². The van der Waals surface area contributed by atoms with Crippen molar-refractivity contribution in [2.45, 2.75) is 59.5 Å². The van der Waals surface area contributed by atoms with Crippen LogP contribution in [0.5, 0.6) is 0 Å². The number of morpholine rings is 1. The van der Waals surface area contributed by atoms with Gasteiger partial charge in [-0.1, -0.05) is 26.0 Å². The second-order valence-electron chi connectivity index (χ2n) is 8.87. The van der Waals surface area contributed by atoms with Gasteiger partial charge in [0.2, 0.25) is 0 Å². The van der Waals surface area contributed by atoms with E-state index >= 15 is 0 Å². The van der Waals surface area contributed by atoms with Crippen LogP contribution in [-0.2, 0) is 15.9 Å². The predicted molar refractivity (Wildman–Crippen MR) is 144 cm³/mol. The van der Waals surface area contributed by atoms with Crippen LogP contribution in [0.1, 0.15) is 58.3 Å². The van der Waals surface area contributed by atoms with Gasteiger partial charge in [-0.15, -0.1) is 0 Å². The first kappa shape index (κ1) is 27.4. The largest absolute Gasteiger partial charge is 0.492 e. The normalized spacial score (nSPS) is 19.1. The van der Waals surface area contributed by atoms with Crippen LogP contribution >= 0.6 is 0 Å². The molecular formula is C28H40N6O2. The molecule has 0 aliphatic carbocycles. The first-order chi connectivity index (χ1) is 17.6. The molecule has 194 valence electrons. The number of aryl methyl sites for hydroxylation is 1. The molecule has 2 fully saturated rings. The highest BCUT2D eigenvalue weighted by atomic mass is 16.5. The number of hydrogen-bond acceptors (Lipinski definition) is 7. The van der Waals surface area contributed by atoms with Gasteiger partial charge in [-0.2, -0.15) is 5.26 Å². The van der Waals surface area contributed by atoms with Crippen LogP contribution in [0.25, 0.3) is 16.7 Å². The van der Waals surface area contributed by atoms with Crippen molar-refractivity contribution in [2.75, 3.05) is 39.4 Å². The molecule has 0 radical (unpaired) electrons. The van der Waals surface area contributed by atoms with E-state index in [1.54, 1.807) is 6.20 Å². The smallest absolute Gasteiger partial charge is 0.178 e. The van der Waals surface area contributed by atoms with Crippen LogP contribution < -0.4 is 5.32 Å². The second kappa shape index (κ2) is 14.4. The molecule has 2 aromatic heterocycles. The van der Waals surface area contributed by atoms with Gasteiger partial charge >= 0.3 is 0 Å². The highest BCUT2D eigenvalue weighted by Gasteiger charge is 2.17. The number of hydrogen-bond donors (Lipinski definition) is 2. The van der Waals surface area contributed by atoms with Crippen molar-refractivity contribution in [2.24, 2.45) is 0 Å². The van der Waals surface area contributed by atoms with E-state index in [2.05, 4.69) is 71.1 Å². The fourth-order valence-electron chi connectivity index (χ4n) is 4.24. The van der Waals surface area contributed by atoms with Crippen molar-refractivity contribution in [1.82, 2.24) is 25.2 Å². The van der Waals surface area contributed by atoms with Gasteiger partial charge < -0.3 is 24.7 Å². The van der Waals surface area contributed by atoms with E-state index in [0.29, 0.717) is 0 Å². The zero-order chi connectivity index (χ0) is 25.8. The summed E-state index contributed by atoms with van der Waals surface area (Å²) in [5, 5.41) is 12.4. The molecule has 4 heterocycles. The van der Waals surface area contributed by atoms with Gasteiger partial charge in [0.1, 0.15) is 17.7 Å². The molecule has 2 aliphatic rings. The molecule has 0 aromatic carbocycles. The summed E-state index contributed by atoms with van der Waals surface area (Å²) in [4.78, 5) is 14.6. The molecule has 4 rings (SSSR count). The fraction of sp³-hybridized carbons (Fsp3) is 0.536. The zero-order valence-electron chi connectivity index (χ0n) is 22.1. The Bertz CT molecular complexity index is 1100. The number of nitrogens with one attached hydrogen (secondary N) is 2. The second-order valence-corrected chi connectivity index (χ2v) is 8.87. The van der Waals surface area contributed by atoms with Crippen molar-refractivity contribution in [3.8, 4) is 6.07 Å². The van der Waals surface area contributed by atoms with E-state index in [-0.39, 0.29) is 12.5 Å². The summed E-state index contributed by atoms with van der Waals surface area (Å²) in [5.41, 5.74) is 5.33. The molecule has 0 amide bonds. The SMILES string of the molecule is C/C=C(\C)N1CCOCC1.CC/C(=C\C=C(/CC#N)OC1CCNC1)c1ccnc2nc(CC)[nH]c12. The minimum absolute atomic E-state index is 0.153. The maximum absolute atomic E-state index is 9.09. The van der Waals surface area contributed by atoms with E-state index in [9.17, 15) is 0 Å². The lowest BCUT2D eigenvalue weighted by atomic mass is 10.0. The quantitative estimate of drug-likeness (QED) is 0.406.